The van der Waals surface area contributed by atoms with Crippen molar-refractivity contribution >= 4 is 5.69 Å². The van der Waals surface area contributed by atoms with Crippen molar-refractivity contribution in [1.82, 2.24) is 0 Å². The summed E-state index contributed by atoms with van der Waals surface area (Å²) in [6, 6.07) is 9.39. The first-order chi connectivity index (χ1) is 7.29. The van der Waals surface area contributed by atoms with Crippen LogP contribution in [-0.4, -0.2) is 6.04 Å². The predicted molar refractivity (Wildman–Crippen MR) is 66.2 cm³/mol. The van der Waals surface area contributed by atoms with Gasteiger partial charge in [0.15, 0.2) is 0 Å². The Kier molecular flexibility index (Phi) is 3.30. The number of fused-ring (bicyclic) bond motifs is 1. The fourth-order valence-corrected chi connectivity index (χ4v) is 2.33. The minimum Gasteiger partial charge on any atom is -0.382 e. The standard InChI is InChI=1S/C14H21N/c1-3-11(2)10-13-9-8-12-6-4-5-7-14(12)15-13/h4-7,11,13,15H,3,8-10H2,1-2H3. The van der Waals surface area contributed by atoms with Gasteiger partial charge in [-0.1, -0.05) is 38.5 Å². The van der Waals surface area contributed by atoms with Crippen LogP contribution < -0.4 is 5.32 Å². The molecule has 0 saturated carbocycles. The molecule has 0 amide bonds. The summed E-state index contributed by atoms with van der Waals surface area (Å²) in [5.41, 5.74) is 2.84. The molecule has 1 aliphatic rings. The molecule has 1 aliphatic heterocycles. The highest BCUT2D eigenvalue weighted by Gasteiger charge is 2.18. The zero-order chi connectivity index (χ0) is 10.7. The van der Waals surface area contributed by atoms with Gasteiger partial charge in [0.2, 0.25) is 0 Å². The third kappa shape index (κ3) is 2.53. The molecule has 1 heteroatoms. The second-order valence-corrected chi connectivity index (χ2v) is 4.79. The number of rotatable bonds is 3. The van der Waals surface area contributed by atoms with Gasteiger partial charge in [0.25, 0.3) is 0 Å². The van der Waals surface area contributed by atoms with Gasteiger partial charge >= 0.3 is 0 Å². The van der Waals surface area contributed by atoms with Gasteiger partial charge in [-0.2, -0.15) is 0 Å². The summed E-state index contributed by atoms with van der Waals surface area (Å²) in [7, 11) is 0. The average Bonchev–Trinajstić information content (AvgIpc) is 2.29. The molecule has 1 aromatic rings. The van der Waals surface area contributed by atoms with E-state index < -0.39 is 0 Å². The van der Waals surface area contributed by atoms with E-state index in [1.165, 1.54) is 36.9 Å². The van der Waals surface area contributed by atoms with Crippen molar-refractivity contribution < 1.29 is 0 Å². The second-order valence-electron chi connectivity index (χ2n) is 4.79. The number of para-hydroxylation sites is 1. The summed E-state index contributed by atoms with van der Waals surface area (Å²) in [5.74, 6) is 0.841. The first-order valence-corrected chi connectivity index (χ1v) is 6.14. The number of hydrogen-bond donors (Lipinski definition) is 1. The van der Waals surface area contributed by atoms with Crippen molar-refractivity contribution in [2.75, 3.05) is 5.32 Å². The van der Waals surface area contributed by atoms with E-state index in [0.717, 1.165) is 5.92 Å². The highest BCUT2D eigenvalue weighted by Crippen LogP contribution is 2.27. The summed E-state index contributed by atoms with van der Waals surface area (Å²) in [6.45, 7) is 4.63. The van der Waals surface area contributed by atoms with Crippen molar-refractivity contribution in [2.24, 2.45) is 5.92 Å². The molecule has 0 radical (unpaired) electrons. The Morgan fingerprint density at radius 1 is 1.40 bits per heavy atom. The van der Waals surface area contributed by atoms with E-state index >= 15 is 0 Å². The summed E-state index contributed by atoms with van der Waals surface area (Å²) in [5, 5.41) is 3.66. The third-order valence-corrected chi connectivity index (χ3v) is 3.52. The molecule has 2 unspecified atom stereocenters. The number of anilines is 1. The second kappa shape index (κ2) is 4.69. The van der Waals surface area contributed by atoms with Crippen molar-refractivity contribution in [1.29, 1.82) is 0 Å². The van der Waals surface area contributed by atoms with E-state index in [1.54, 1.807) is 0 Å². The maximum Gasteiger partial charge on any atom is 0.0374 e. The van der Waals surface area contributed by atoms with Crippen LogP contribution in [0.4, 0.5) is 5.69 Å². The van der Waals surface area contributed by atoms with Crippen LogP contribution in [0.2, 0.25) is 0 Å². The lowest BCUT2D eigenvalue weighted by atomic mass is 9.91. The topological polar surface area (TPSA) is 12.0 Å². The molecule has 0 fully saturated rings. The van der Waals surface area contributed by atoms with Gasteiger partial charge in [-0.15, -0.1) is 0 Å². The van der Waals surface area contributed by atoms with Gasteiger partial charge in [-0.3, -0.25) is 0 Å². The predicted octanol–water partition coefficient (Wildman–Crippen LogP) is 3.85. The van der Waals surface area contributed by atoms with Crippen LogP contribution in [0, 0.1) is 5.92 Å². The van der Waals surface area contributed by atoms with Crippen LogP contribution in [0.5, 0.6) is 0 Å². The molecule has 0 spiro atoms. The summed E-state index contributed by atoms with van der Waals surface area (Å²) in [4.78, 5) is 0. The van der Waals surface area contributed by atoms with Gasteiger partial charge in [-0.25, -0.2) is 0 Å². The van der Waals surface area contributed by atoms with Crippen molar-refractivity contribution in [3.63, 3.8) is 0 Å². The van der Waals surface area contributed by atoms with Gasteiger partial charge in [0.1, 0.15) is 0 Å². The molecule has 0 bridgehead atoms. The Hall–Kier alpha value is -0.980. The molecule has 0 aromatic heterocycles. The Morgan fingerprint density at radius 2 is 2.20 bits per heavy atom. The smallest absolute Gasteiger partial charge is 0.0374 e. The third-order valence-electron chi connectivity index (χ3n) is 3.52. The molecule has 1 N–H and O–H groups in total. The molecule has 0 aliphatic carbocycles. The Labute approximate surface area is 92.9 Å². The van der Waals surface area contributed by atoms with Crippen molar-refractivity contribution in [3.05, 3.63) is 29.8 Å². The van der Waals surface area contributed by atoms with Gasteiger partial charge < -0.3 is 5.32 Å². The van der Waals surface area contributed by atoms with Gasteiger partial charge in [0.05, 0.1) is 0 Å². The highest BCUT2D eigenvalue weighted by molar-refractivity contribution is 5.53. The summed E-state index contributed by atoms with van der Waals surface area (Å²) < 4.78 is 0. The van der Waals surface area contributed by atoms with Crippen LogP contribution in [0.1, 0.15) is 38.7 Å². The molecule has 82 valence electrons. The normalized spacial score (nSPS) is 21.6. The van der Waals surface area contributed by atoms with E-state index in [0.29, 0.717) is 6.04 Å². The van der Waals surface area contributed by atoms with Gasteiger partial charge in [-0.05, 0) is 36.8 Å². The average molecular weight is 203 g/mol. The summed E-state index contributed by atoms with van der Waals surface area (Å²) in [6.07, 6.45) is 5.14. The largest absolute Gasteiger partial charge is 0.382 e. The molecule has 1 nitrogen and oxygen atoms in total. The first-order valence-electron chi connectivity index (χ1n) is 6.14. The maximum absolute atomic E-state index is 3.66. The molecule has 15 heavy (non-hydrogen) atoms. The van der Waals surface area contributed by atoms with Crippen LogP contribution in [0.25, 0.3) is 0 Å². The molecular weight excluding hydrogens is 182 g/mol. The highest BCUT2D eigenvalue weighted by atomic mass is 14.9. The Balaban J connectivity index is 1.99. The zero-order valence-electron chi connectivity index (χ0n) is 9.79. The lowest BCUT2D eigenvalue weighted by Gasteiger charge is -2.28. The van der Waals surface area contributed by atoms with Crippen molar-refractivity contribution in [3.8, 4) is 0 Å². The first kappa shape index (κ1) is 10.5. The molecule has 2 atom stereocenters. The van der Waals surface area contributed by atoms with E-state index in [-0.39, 0.29) is 0 Å². The Morgan fingerprint density at radius 3 is 3.00 bits per heavy atom. The van der Waals surface area contributed by atoms with Crippen LogP contribution in [0.15, 0.2) is 24.3 Å². The number of aryl methyl sites for hydroxylation is 1. The molecule has 1 heterocycles. The summed E-state index contributed by atoms with van der Waals surface area (Å²) >= 11 is 0. The number of hydrogen-bond acceptors (Lipinski definition) is 1. The zero-order valence-corrected chi connectivity index (χ0v) is 9.79. The van der Waals surface area contributed by atoms with E-state index in [9.17, 15) is 0 Å². The Bertz CT molecular complexity index is 319. The van der Waals surface area contributed by atoms with E-state index in [4.69, 9.17) is 0 Å². The van der Waals surface area contributed by atoms with Crippen LogP contribution in [0.3, 0.4) is 0 Å². The quantitative estimate of drug-likeness (QED) is 0.786. The minimum atomic E-state index is 0.690. The number of nitrogens with one attached hydrogen (secondary N) is 1. The SMILES string of the molecule is CCC(C)CC1CCc2ccccc2N1. The lowest BCUT2D eigenvalue weighted by molar-refractivity contribution is 0.447. The molecule has 2 rings (SSSR count). The number of benzene rings is 1. The fraction of sp³-hybridized carbons (Fsp3) is 0.571. The minimum absolute atomic E-state index is 0.690. The van der Waals surface area contributed by atoms with Crippen molar-refractivity contribution in [2.45, 2.75) is 45.6 Å². The molecule has 0 saturated heterocycles. The van der Waals surface area contributed by atoms with Crippen LogP contribution in [-0.2, 0) is 6.42 Å². The van der Waals surface area contributed by atoms with Gasteiger partial charge in [0, 0.05) is 11.7 Å². The molecule has 1 aromatic carbocycles. The van der Waals surface area contributed by atoms with E-state index in [1.807, 2.05) is 0 Å². The lowest BCUT2D eigenvalue weighted by Crippen LogP contribution is -2.27. The van der Waals surface area contributed by atoms with E-state index in [2.05, 4.69) is 43.4 Å². The maximum atomic E-state index is 3.66. The fourth-order valence-electron chi connectivity index (χ4n) is 2.33. The monoisotopic (exact) mass is 203 g/mol. The van der Waals surface area contributed by atoms with Crippen LogP contribution >= 0.6 is 0 Å². The molecular formula is C14H21N.